The average Bonchev–Trinajstić information content (AvgIpc) is 2.03. The molecule has 0 aliphatic heterocycles. The molecule has 0 fully saturated rings. The zero-order valence-corrected chi connectivity index (χ0v) is 7.85. The third-order valence-corrected chi connectivity index (χ3v) is 1.73. The van der Waals surface area contributed by atoms with E-state index >= 15 is 0 Å². The summed E-state index contributed by atoms with van der Waals surface area (Å²) < 4.78 is 41.9. The van der Waals surface area contributed by atoms with Crippen molar-refractivity contribution in [2.75, 3.05) is 0 Å². The van der Waals surface area contributed by atoms with Gasteiger partial charge >= 0.3 is 6.18 Å². The molecule has 14 heavy (non-hydrogen) atoms. The smallest absolute Gasteiger partial charge is 0.427 e. The van der Waals surface area contributed by atoms with Gasteiger partial charge in [0.15, 0.2) is 5.60 Å². The molecule has 1 aromatic rings. The Bertz CT molecular complexity index is 290. The second-order valence-corrected chi connectivity index (χ2v) is 3.34. The van der Waals surface area contributed by atoms with Gasteiger partial charge in [0.25, 0.3) is 0 Å². The summed E-state index contributed by atoms with van der Waals surface area (Å²) in [7, 11) is 0. The molecule has 0 N–H and O–H groups in total. The fraction of sp³-hybridized carbons (Fsp3) is 0.400. The summed E-state index contributed by atoms with van der Waals surface area (Å²) in [6, 6.07) is 8.77. The van der Waals surface area contributed by atoms with Gasteiger partial charge < -0.3 is 4.74 Å². The molecule has 1 nitrogen and oxygen atoms in total. The van der Waals surface area contributed by atoms with E-state index in [1.54, 1.807) is 12.1 Å². The fourth-order valence-corrected chi connectivity index (χ4v) is 0.773. The SMILES string of the molecule is CC(C)(Oc1[c]cccc1)C(F)(F)F. The minimum Gasteiger partial charge on any atom is -0.478 e. The lowest BCUT2D eigenvalue weighted by Gasteiger charge is -2.28. The summed E-state index contributed by atoms with van der Waals surface area (Å²) in [5, 5.41) is 0. The molecule has 0 amide bonds. The van der Waals surface area contributed by atoms with Gasteiger partial charge in [0.1, 0.15) is 5.75 Å². The van der Waals surface area contributed by atoms with Gasteiger partial charge in [-0.25, -0.2) is 0 Å². The summed E-state index contributed by atoms with van der Waals surface area (Å²) in [4.78, 5) is 0. The minimum atomic E-state index is -4.39. The minimum absolute atomic E-state index is 0.0924. The topological polar surface area (TPSA) is 9.23 Å². The molecule has 0 atom stereocenters. The summed E-state index contributed by atoms with van der Waals surface area (Å²) in [5.74, 6) is 0.0924. The van der Waals surface area contributed by atoms with Crippen LogP contribution in [-0.2, 0) is 0 Å². The molecule has 0 bridgehead atoms. The van der Waals surface area contributed by atoms with Gasteiger partial charge in [-0.1, -0.05) is 18.2 Å². The van der Waals surface area contributed by atoms with Crippen LogP contribution >= 0.6 is 0 Å². The molecule has 0 heterocycles. The molecule has 1 rings (SSSR count). The van der Waals surface area contributed by atoms with Crippen LogP contribution in [0.5, 0.6) is 5.75 Å². The van der Waals surface area contributed by atoms with Crippen LogP contribution in [0.25, 0.3) is 0 Å². The molecule has 0 saturated carbocycles. The van der Waals surface area contributed by atoms with Crippen molar-refractivity contribution in [3.63, 3.8) is 0 Å². The molecule has 0 spiro atoms. The van der Waals surface area contributed by atoms with Crippen molar-refractivity contribution < 1.29 is 17.9 Å². The number of alkyl halides is 3. The molecule has 1 aromatic carbocycles. The Kier molecular flexibility index (Phi) is 2.73. The van der Waals surface area contributed by atoms with E-state index in [-0.39, 0.29) is 5.75 Å². The third kappa shape index (κ3) is 2.40. The van der Waals surface area contributed by atoms with Crippen LogP contribution in [0, 0.1) is 6.07 Å². The molecule has 4 heteroatoms. The Hall–Kier alpha value is -1.19. The normalized spacial score (nSPS) is 12.6. The van der Waals surface area contributed by atoms with Gasteiger partial charge in [0.05, 0.1) is 0 Å². The van der Waals surface area contributed by atoms with Crippen molar-refractivity contribution in [3.8, 4) is 5.75 Å². The molecule has 0 unspecified atom stereocenters. The van der Waals surface area contributed by atoms with Crippen molar-refractivity contribution in [1.82, 2.24) is 0 Å². The van der Waals surface area contributed by atoms with E-state index in [0.717, 1.165) is 13.8 Å². The van der Waals surface area contributed by atoms with Crippen LogP contribution in [-0.4, -0.2) is 11.8 Å². The van der Waals surface area contributed by atoms with Gasteiger partial charge in [-0.2, -0.15) is 13.2 Å². The van der Waals surface area contributed by atoms with E-state index in [9.17, 15) is 13.2 Å². The molecular weight excluding hydrogens is 193 g/mol. The lowest BCUT2D eigenvalue weighted by atomic mass is 10.1. The van der Waals surface area contributed by atoms with Gasteiger partial charge in [0.2, 0.25) is 0 Å². The number of hydrogen-bond acceptors (Lipinski definition) is 1. The van der Waals surface area contributed by atoms with E-state index < -0.39 is 11.8 Å². The van der Waals surface area contributed by atoms with Crippen LogP contribution in [0.15, 0.2) is 24.3 Å². The number of hydrogen-bond donors (Lipinski definition) is 0. The Labute approximate surface area is 80.5 Å². The van der Waals surface area contributed by atoms with Gasteiger partial charge in [0, 0.05) is 6.07 Å². The van der Waals surface area contributed by atoms with E-state index in [0.29, 0.717) is 0 Å². The Balaban J connectivity index is 2.79. The molecule has 0 aromatic heterocycles. The fourth-order valence-electron chi connectivity index (χ4n) is 0.773. The first kappa shape index (κ1) is 10.9. The number of para-hydroxylation sites is 1. The zero-order chi connectivity index (χ0) is 10.8. The summed E-state index contributed by atoms with van der Waals surface area (Å²) in [5.41, 5.74) is -2.19. The third-order valence-electron chi connectivity index (χ3n) is 1.73. The predicted octanol–water partition coefficient (Wildman–Crippen LogP) is 3.21. The van der Waals surface area contributed by atoms with Crippen LogP contribution in [0.1, 0.15) is 13.8 Å². The van der Waals surface area contributed by atoms with E-state index in [1.165, 1.54) is 12.1 Å². The number of rotatable bonds is 2. The summed E-state index contributed by atoms with van der Waals surface area (Å²) in [6.07, 6.45) is -4.39. The van der Waals surface area contributed by atoms with Crippen LogP contribution in [0.3, 0.4) is 0 Å². The molecule has 0 aliphatic carbocycles. The van der Waals surface area contributed by atoms with Crippen LogP contribution < -0.4 is 4.74 Å². The Morgan fingerprint density at radius 3 is 2.29 bits per heavy atom. The highest BCUT2D eigenvalue weighted by molar-refractivity contribution is 5.20. The van der Waals surface area contributed by atoms with Gasteiger partial charge in [-0.15, -0.1) is 0 Å². The second kappa shape index (κ2) is 3.52. The van der Waals surface area contributed by atoms with Crippen molar-refractivity contribution in [3.05, 3.63) is 30.3 Å². The van der Waals surface area contributed by atoms with Crippen molar-refractivity contribution in [1.29, 1.82) is 0 Å². The van der Waals surface area contributed by atoms with E-state index in [4.69, 9.17) is 4.74 Å². The lowest BCUT2D eigenvalue weighted by molar-refractivity contribution is -0.234. The zero-order valence-electron chi connectivity index (χ0n) is 7.85. The van der Waals surface area contributed by atoms with Crippen molar-refractivity contribution >= 4 is 0 Å². The maximum atomic E-state index is 12.4. The quantitative estimate of drug-likeness (QED) is 0.717. The number of halogens is 3. The Morgan fingerprint density at radius 2 is 1.86 bits per heavy atom. The molecule has 0 aliphatic rings. The highest BCUT2D eigenvalue weighted by atomic mass is 19.4. The number of benzene rings is 1. The van der Waals surface area contributed by atoms with Crippen molar-refractivity contribution in [2.45, 2.75) is 25.6 Å². The summed E-state index contributed by atoms with van der Waals surface area (Å²) >= 11 is 0. The molecule has 1 radical (unpaired) electrons. The first-order valence-electron chi connectivity index (χ1n) is 4.05. The monoisotopic (exact) mass is 203 g/mol. The van der Waals surface area contributed by atoms with Crippen LogP contribution in [0.4, 0.5) is 13.2 Å². The van der Waals surface area contributed by atoms with Gasteiger partial charge in [-0.05, 0) is 19.9 Å². The van der Waals surface area contributed by atoms with E-state index in [2.05, 4.69) is 6.07 Å². The largest absolute Gasteiger partial charge is 0.478 e. The maximum absolute atomic E-state index is 12.4. The lowest BCUT2D eigenvalue weighted by Crippen LogP contribution is -2.44. The maximum Gasteiger partial charge on any atom is 0.427 e. The first-order chi connectivity index (χ1) is 6.33. The molecular formula is C10H10F3O. The van der Waals surface area contributed by atoms with E-state index in [1.807, 2.05) is 0 Å². The predicted molar refractivity (Wildman–Crippen MR) is 46.0 cm³/mol. The highest BCUT2D eigenvalue weighted by Crippen LogP contribution is 2.33. The standard InChI is InChI=1S/C10H10F3O/c1-9(2,10(11,12)13)14-8-6-4-3-5-7-8/h3-6H,1-2H3. The molecule has 0 saturated heterocycles. The van der Waals surface area contributed by atoms with Crippen LogP contribution in [0.2, 0.25) is 0 Å². The average molecular weight is 203 g/mol. The van der Waals surface area contributed by atoms with Crippen molar-refractivity contribution in [2.24, 2.45) is 0 Å². The highest BCUT2D eigenvalue weighted by Gasteiger charge is 2.49. The number of ether oxygens (including phenoxy) is 1. The summed E-state index contributed by atoms with van der Waals surface area (Å²) in [6.45, 7) is 1.96. The Morgan fingerprint density at radius 1 is 1.21 bits per heavy atom. The second-order valence-electron chi connectivity index (χ2n) is 3.34. The van der Waals surface area contributed by atoms with Gasteiger partial charge in [-0.3, -0.25) is 0 Å². The molecule has 77 valence electrons. The first-order valence-corrected chi connectivity index (χ1v) is 4.05.